The topological polar surface area (TPSA) is 26.0 Å². The first-order valence-corrected chi connectivity index (χ1v) is 5.48. The average Bonchev–Trinajstić information content (AvgIpc) is 2.19. The minimum absolute atomic E-state index is 0.506. The standard InChI is InChI=1S/C13H21N/c1-4-11-7-5-6-8-12(11)13(9-14)10(2)3/h5-8,10,13H,4,9,14H2,1-3H3. The lowest BCUT2D eigenvalue weighted by molar-refractivity contribution is 0.503. The fraction of sp³-hybridized carbons (Fsp3) is 0.538. The highest BCUT2D eigenvalue weighted by Gasteiger charge is 2.15. The number of nitrogens with two attached hydrogens (primary N) is 1. The van der Waals surface area contributed by atoms with Crippen LogP contribution in [0.1, 0.15) is 37.8 Å². The molecule has 2 N–H and O–H groups in total. The van der Waals surface area contributed by atoms with Gasteiger partial charge in [-0.05, 0) is 35.9 Å². The second kappa shape index (κ2) is 5.16. The molecule has 0 spiro atoms. The van der Waals surface area contributed by atoms with Gasteiger partial charge in [0.2, 0.25) is 0 Å². The highest BCUT2D eigenvalue weighted by molar-refractivity contribution is 5.31. The van der Waals surface area contributed by atoms with Gasteiger partial charge < -0.3 is 5.73 Å². The minimum Gasteiger partial charge on any atom is -0.330 e. The largest absolute Gasteiger partial charge is 0.330 e. The maximum atomic E-state index is 5.83. The maximum absolute atomic E-state index is 5.83. The van der Waals surface area contributed by atoms with E-state index in [4.69, 9.17) is 5.73 Å². The Morgan fingerprint density at radius 2 is 1.86 bits per heavy atom. The lowest BCUT2D eigenvalue weighted by atomic mass is 9.85. The van der Waals surface area contributed by atoms with Crippen molar-refractivity contribution in [2.45, 2.75) is 33.1 Å². The fourth-order valence-electron chi connectivity index (χ4n) is 1.98. The van der Waals surface area contributed by atoms with Gasteiger partial charge >= 0.3 is 0 Å². The molecule has 78 valence electrons. The van der Waals surface area contributed by atoms with E-state index in [1.54, 1.807) is 0 Å². The van der Waals surface area contributed by atoms with Crippen molar-refractivity contribution in [3.8, 4) is 0 Å². The number of aryl methyl sites for hydroxylation is 1. The summed E-state index contributed by atoms with van der Waals surface area (Å²) in [6.07, 6.45) is 1.10. The Balaban J connectivity index is 3.02. The molecule has 1 unspecified atom stereocenters. The zero-order chi connectivity index (χ0) is 10.6. The second-order valence-electron chi connectivity index (χ2n) is 4.14. The van der Waals surface area contributed by atoms with E-state index in [0.717, 1.165) is 13.0 Å². The molecule has 14 heavy (non-hydrogen) atoms. The van der Waals surface area contributed by atoms with Gasteiger partial charge in [-0.2, -0.15) is 0 Å². The molecule has 0 aliphatic carbocycles. The van der Waals surface area contributed by atoms with Gasteiger partial charge in [0.1, 0.15) is 0 Å². The van der Waals surface area contributed by atoms with Crippen molar-refractivity contribution in [2.75, 3.05) is 6.54 Å². The van der Waals surface area contributed by atoms with Crippen LogP contribution in [0.15, 0.2) is 24.3 Å². The molecule has 0 heterocycles. The van der Waals surface area contributed by atoms with Crippen molar-refractivity contribution >= 4 is 0 Å². The average molecular weight is 191 g/mol. The summed E-state index contributed by atoms with van der Waals surface area (Å²) in [5.41, 5.74) is 8.71. The van der Waals surface area contributed by atoms with Crippen LogP contribution in [0.4, 0.5) is 0 Å². The van der Waals surface area contributed by atoms with Crippen LogP contribution in [-0.4, -0.2) is 6.54 Å². The van der Waals surface area contributed by atoms with Gasteiger partial charge in [-0.15, -0.1) is 0 Å². The lowest BCUT2D eigenvalue weighted by Crippen LogP contribution is -2.19. The van der Waals surface area contributed by atoms with E-state index >= 15 is 0 Å². The Hall–Kier alpha value is -0.820. The molecule has 0 aromatic heterocycles. The first-order valence-electron chi connectivity index (χ1n) is 5.48. The van der Waals surface area contributed by atoms with Crippen LogP contribution in [0.25, 0.3) is 0 Å². The van der Waals surface area contributed by atoms with Gasteiger partial charge in [0.05, 0.1) is 0 Å². The maximum Gasteiger partial charge on any atom is -0.000567 e. The van der Waals surface area contributed by atoms with Crippen LogP contribution in [0.3, 0.4) is 0 Å². The summed E-state index contributed by atoms with van der Waals surface area (Å²) >= 11 is 0. The van der Waals surface area contributed by atoms with Crippen molar-refractivity contribution in [2.24, 2.45) is 11.7 Å². The van der Waals surface area contributed by atoms with Crippen LogP contribution in [0.5, 0.6) is 0 Å². The summed E-state index contributed by atoms with van der Waals surface area (Å²) in [5, 5.41) is 0. The summed E-state index contributed by atoms with van der Waals surface area (Å²) in [4.78, 5) is 0. The second-order valence-corrected chi connectivity index (χ2v) is 4.14. The number of hydrogen-bond acceptors (Lipinski definition) is 1. The summed E-state index contributed by atoms with van der Waals surface area (Å²) in [6, 6.07) is 8.65. The molecule has 1 atom stereocenters. The molecule has 1 nitrogen and oxygen atoms in total. The number of rotatable bonds is 4. The molecule has 0 saturated carbocycles. The van der Waals surface area contributed by atoms with E-state index in [1.165, 1.54) is 11.1 Å². The van der Waals surface area contributed by atoms with E-state index in [1.807, 2.05) is 0 Å². The normalized spacial score (nSPS) is 13.2. The molecular weight excluding hydrogens is 170 g/mol. The van der Waals surface area contributed by atoms with Crippen molar-refractivity contribution in [3.05, 3.63) is 35.4 Å². The number of hydrogen-bond donors (Lipinski definition) is 1. The molecule has 1 aromatic rings. The molecule has 0 bridgehead atoms. The highest BCUT2D eigenvalue weighted by Crippen LogP contribution is 2.26. The minimum atomic E-state index is 0.506. The summed E-state index contributed by atoms with van der Waals surface area (Å²) in [6.45, 7) is 7.43. The third kappa shape index (κ3) is 2.36. The molecule has 1 aromatic carbocycles. The Morgan fingerprint density at radius 3 is 2.36 bits per heavy atom. The van der Waals surface area contributed by atoms with Gasteiger partial charge in [-0.3, -0.25) is 0 Å². The molecule has 1 rings (SSSR count). The Morgan fingerprint density at radius 1 is 1.21 bits per heavy atom. The molecular formula is C13H21N. The van der Waals surface area contributed by atoms with Gasteiger partial charge in [-0.1, -0.05) is 45.0 Å². The Bertz CT molecular complexity index is 278. The summed E-state index contributed by atoms with van der Waals surface area (Å²) in [5.74, 6) is 1.12. The quantitative estimate of drug-likeness (QED) is 0.778. The highest BCUT2D eigenvalue weighted by atomic mass is 14.6. The fourth-order valence-corrected chi connectivity index (χ4v) is 1.98. The van der Waals surface area contributed by atoms with Gasteiger partial charge in [0, 0.05) is 0 Å². The first kappa shape index (κ1) is 11.3. The van der Waals surface area contributed by atoms with Crippen LogP contribution in [0.2, 0.25) is 0 Å². The third-order valence-electron chi connectivity index (χ3n) is 2.89. The molecule has 1 heteroatoms. The predicted octanol–water partition coefficient (Wildman–Crippen LogP) is 2.95. The van der Waals surface area contributed by atoms with E-state index in [9.17, 15) is 0 Å². The first-order chi connectivity index (χ1) is 6.70. The van der Waals surface area contributed by atoms with Crippen LogP contribution >= 0.6 is 0 Å². The molecule has 0 saturated heterocycles. The summed E-state index contributed by atoms with van der Waals surface area (Å²) in [7, 11) is 0. The van der Waals surface area contributed by atoms with E-state index in [-0.39, 0.29) is 0 Å². The van der Waals surface area contributed by atoms with E-state index < -0.39 is 0 Å². The monoisotopic (exact) mass is 191 g/mol. The van der Waals surface area contributed by atoms with Crippen LogP contribution < -0.4 is 5.73 Å². The zero-order valence-corrected chi connectivity index (χ0v) is 9.46. The van der Waals surface area contributed by atoms with E-state index in [0.29, 0.717) is 11.8 Å². The van der Waals surface area contributed by atoms with Crippen LogP contribution in [-0.2, 0) is 6.42 Å². The van der Waals surface area contributed by atoms with E-state index in [2.05, 4.69) is 45.0 Å². The molecule has 0 aliphatic heterocycles. The molecule has 0 fully saturated rings. The van der Waals surface area contributed by atoms with Gasteiger partial charge in [0.15, 0.2) is 0 Å². The third-order valence-corrected chi connectivity index (χ3v) is 2.89. The van der Waals surface area contributed by atoms with Crippen molar-refractivity contribution in [1.82, 2.24) is 0 Å². The Kier molecular flexibility index (Phi) is 4.15. The van der Waals surface area contributed by atoms with Crippen molar-refractivity contribution in [1.29, 1.82) is 0 Å². The number of benzene rings is 1. The van der Waals surface area contributed by atoms with Gasteiger partial charge in [-0.25, -0.2) is 0 Å². The molecule has 0 amide bonds. The molecule has 0 aliphatic rings. The van der Waals surface area contributed by atoms with Gasteiger partial charge in [0.25, 0.3) is 0 Å². The smallest absolute Gasteiger partial charge is 0.000567 e. The zero-order valence-electron chi connectivity index (χ0n) is 9.46. The predicted molar refractivity (Wildman–Crippen MR) is 62.5 cm³/mol. The molecule has 0 radical (unpaired) electrons. The Labute approximate surface area is 87.3 Å². The lowest BCUT2D eigenvalue weighted by Gasteiger charge is -2.22. The summed E-state index contributed by atoms with van der Waals surface area (Å²) < 4.78 is 0. The van der Waals surface area contributed by atoms with Crippen LogP contribution in [0, 0.1) is 5.92 Å². The SMILES string of the molecule is CCc1ccccc1C(CN)C(C)C. The van der Waals surface area contributed by atoms with Crippen molar-refractivity contribution < 1.29 is 0 Å². The van der Waals surface area contributed by atoms with Crippen molar-refractivity contribution in [3.63, 3.8) is 0 Å².